The van der Waals surface area contributed by atoms with Gasteiger partial charge in [0.25, 0.3) is 5.69 Å². The van der Waals surface area contributed by atoms with Crippen molar-refractivity contribution < 1.29 is 27.6 Å². The second kappa shape index (κ2) is 4.86. The van der Waals surface area contributed by atoms with E-state index in [2.05, 4.69) is 6.58 Å². The number of hydrogen-bond donors (Lipinski definition) is 1. The lowest BCUT2D eigenvalue weighted by atomic mass is 9.85. The molecular formula is C12H11F4NO3. The zero-order valence-electron chi connectivity index (χ0n) is 10.3. The number of rotatable bonds is 5. The summed E-state index contributed by atoms with van der Waals surface area (Å²) >= 11 is 0. The Hall–Kier alpha value is -1.96. The first-order chi connectivity index (χ1) is 8.97. The lowest BCUT2D eigenvalue weighted by Gasteiger charge is -2.36. The Morgan fingerprint density at radius 3 is 2.05 bits per heavy atom. The maximum atomic E-state index is 13.7. The number of nitro groups is 1. The third-order valence-corrected chi connectivity index (χ3v) is 2.93. The van der Waals surface area contributed by atoms with Crippen LogP contribution in [0.15, 0.2) is 36.9 Å². The lowest BCUT2D eigenvalue weighted by Crippen LogP contribution is -2.54. The molecule has 1 N–H and O–H groups in total. The summed E-state index contributed by atoms with van der Waals surface area (Å²) in [6.45, 7) is 3.12. The molecule has 0 radical (unpaired) electrons. The molecule has 0 aromatic heterocycles. The average Bonchev–Trinajstić information content (AvgIpc) is 2.38. The molecular weight excluding hydrogens is 282 g/mol. The number of halogens is 4. The van der Waals surface area contributed by atoms with Crippen LogP contribution in [0.25, 0.3) is 0 Å². The fourth-order valence-electron chi connectivity index (χ4n) is 1.54. The van der Waals surface area contributed by atoms with Gasteiger partial charge in [0.1, 0.15) is 0 Å². The van der Waals surface area contributed by atoms with Gasteiger partial charge in [-0.15, -0.1) is 0 Å². The summed E-state index contributed by atoms with van der Waals surface area (Å²) in [5.41, 5.74) is -4.21. The van der Waals surface area contributed by atoms with Crippen molar-refractivity contribution in [2.75, 3.05) is 0 Å². The molecule has 1 aromatic carbocycles. The summed E-state index contributed by atoms with van der Waals surface area (Å²) in [5.74, 6) is -9.48. The topological polar surface area (TPSA) is 63.4 Å². The molecule has 8 heteroatoms. The summed E-state index contributed by atoms with van der Waals surface area (Å²) in [6.07, 6.45) is -0.257. The molecule has 20 heavy (non-hydrogen) atoms. The Labute approximate surface area is 111 Å². The third kappa shape index (κ3) is 2.38. The number of allylic oxidation sites excluding steroid dienone is 1. The summed E-state index contributed by atoms with van der Waals surface area (Å²) in [7, 11) is 0. The van der Waals surface area contributed by atoms with Crippen LogP contribution in [0.4, 0.5) is 23.2 Å². The molecule has 110 valence electrons. The SMILES string of the molecule is C=CC(F)(F)C(F)(F)C(C)(O)c1ccc([N+](=O)[O-])cc1. The van der Waals surface area contributed by atoms with Gasteiger partial charge in [0.15, 0.2) is 5.60 Å². The van der Waals surface area contributed by atoms with E-state index in [0.717, 1.165) is 24.3 Å². The van der Waals surface area contributed by atoms with E-state index >= 15 is 0 Å². The van der Waals surface area contributed by atoms with Crippen LogP contribution in [0, 0.1) is 10.1 Å². The predicted octanol–water partition coefficient (Wildman–Crippen LogP) is 3.26. The molecule has 0 amide bonds. The van der Waals surface area contributed by atoms with Crippen molar-refractivity contribution in [1.82, 2.24) is 0 Å². The van der Waals surface area contributed by atoms with Crippen molar-refractivity contribution in [3.8, 4) is 0 Å². The molecule has 4 nitrogen and oxygen atoms in total. The van der Waals surface area contributed by atoms with Gasteiger partial charge < -0.3 is 5.11 Å². The highest BCUT2D eigenvalue weighted by Crippen LogP contribution is 2.48. The molecule has 0 heterocycles. The van der Waals surface area contributed by atoms with Gasteiger partial charge in [-0.05, 0) is 30.7 Å². The first-order valence-corrected chi connectivity index (χ1v) is 5.34. The normalized spacial score (nSPS) is 15.5. The Morgan fingerprint density at radius 2 is 1.70 bits per heavy atom. The van der Waals surface area contributed by atoms with Crippen LogP contribution in [-0.4, -0.2) is 21.9 Å². The van der Waals surface area contributed by atoms with Crippen molar-refractivity contribution in [2.45, 2.75) is 24.4 Å². The minimum absolute atomic E-state index is 0.257. The molecule has 0 aliphatic heterocycles. The van der Waals surface area contributed by atoms with Crippen molar-refractivity contribution in [1.29, 1.82) is 0 Å². The highest BCUT2D eigenvalue weighted by Gasteiger charge is 2.65. The van der Waals surface area contributed by atoms with Crippen molar-refractivity contribution in [3.63, 3.8) is 0 Å². The number of aliphatic hydroxyl groups is 1. The monoisotopic (exact) mass is 293 g/mol. The number of alkyl halides is 4. The smallest absolute Gasteiger partial charge is 0.345 e. The molecule has 1 atom stereocenters. The molecule has 1 rings (SSSR count). The molecule has 0 saturated carbocycles. The van der Waals surface area contributed by atoms with Gasteiger partial charge in [-0.1, -0.05) is 6.58 Å². The van der Waals surface area contributed by atoms with Gasteiger partial charge in [-0.25, -0.2) is 0 Å². The first kappa shape index (κ1) is 16.1. The van der Waals surface area contributed by atoms with Crippen molar-refractivity contribution in [3.05, 3.63) is 52.6 Å². The lowest BCUT2D eigenvalue weighted by molar-refractivity contribution is -0.384. The van der Waals surface area contributed by atoms with E-state index in [1.165, 1.54) is 0 Å². The fraction of sp³-hybridized carbons (Fsp3) is 0.333. The van der Waals surface area contributed by atoms with Crippen LogP contribution in [0.5, 0.6) is 0 Å². The minimum Gasteiger partial charge on any atom is -0.379 e. The van der Waals surface area contributed by atoms with Gasteiger partial charge in [-0.3, -0.25) is 10.1 Å². The van der Waals surface area contributed by atoms with E-state index in [9.17, 15) is 32.8 Å². The van der Waals surface area contributed by atoms with Gasteiger partial charge >= 0.3 is 11.8 Å². The minimum atomic E-state index is -4.84. The number of nitro benzene ring substituents is 1. The van der Waals surface area contributed by atoms with Gasteiger partial charge in [0.2, 0.25) is 0 Å². The van der Waals surface area contributed by atoms with Crippen molar-refractivity contribution >= 4 is 5.69 Å². The second-order valence-corrected chi connectivity index (χ2v) is 4.28. The Morgan fingerprint density at radius 1 is 1.25 bits per heavy atom. The largest absolute Gasteiger partial charge is 0.379 e. The van der Waals surface area contributed by atoms with Crippen molar-refractivity contribution in [2.24, 2.45) is 0 Å². The van der Waals surface area contributed by atoms with Crippen LogP contribution in [0.3, 0.4) is 0 Å². The maximum Gasteiger partial charge on any atom is 0.345 e. The molecule has 0 spiro atoms. The molecule has 0 aliphatic rings. The summed E-state index contributed by atoms with van der Waals surface area (Å²) in [6, 6.07) is 3.27. The first-order valence-electron chi connectivity index (χ1n) is 5.34. The molecule has 0 fully saturated rings. The highest BCUT2D eigenvalue weighted by atomic mass is 19.3. The van der Waals surface area contributed by atoms with Crippen LogP contribution in [-0.2, 0) is 5.60 Å². The van der Waals surface area contributed by atoms with E-state index in [-0.39, 0.29) is 6.08 Å². The highest BCUT2D eigenvalue weighted by molar-refractivity contribution is 5.36. The van der Waals surface area contributed by atoms with Crippen LogP contribution in [0.1, 0.15) is 12.5 Å². The number of hydrogen-bond acceptors (Lipinski definition) is 3. The van der Waals surface area contributed by atoms with E-state index in [4.69, 9.17) is 0 Å². The quantitative estimate of drug-likeness (QED) is 0.392. The summed E-state index contributed by atoms with van der Waals surface area (Å²) < 4.78 is 53.8. The zero-order valence-corrected chi connectivity index (χ0v) is 10.3. The standard InChI is InChI=1S/C12H11F4NO3/c1-3-11(13,14)12(15,16)10(2,18)8-4-6-9(7-5-8)17(19)20/h3-7,18H,1H2,2H3. The van der Waals surface area contributed by atoms with E-state index in [1.807, 2.05) is 0 Å². The number of benzene rings is 1. The molecule has 0 saturated heterocycles. The average molecular weight is 293 g/mol. The number of non-ortho nitro benzene ring substituents is 1. The second-order valence-electron chi connectivity index (χ2n) is 4.28. The zero-order chi connectivity index (χ0) is 15.8. The Bertz CT molecular complexity index is 526. The molecule has 0 aliphatic carbocycles. The maximum absolute atomic E-state index is 13.7. The fourth-order valence-corrected chi connectivity index (χ4v) is 1.54. The van der Waals surface area contributed by atoms with Gasteiger partial charge in [0, 0.05) is 12.1 Å². The van der Waals surface area contributed by atoms with E-state index in [0.29, 0.717) is 6.92 Å². The van der Waals surface area contributed by atoms with Crippen LogP contribution < -0.4 is 0 Å². The predicted molar refractivity (Wildman–Crippen MR) is 62.8 cm³/mol. The Balaban J connectivity index is 3.28. The van der Waals surface area contributed by atoms with Crippen LogP contribution in [0.2, 0.25) is 0 Å². The van der Waals surface area contributed by atoms with E-state index in [1.54, 1.807) is 0 Å². The summed E-state index contributed by atoms with van der Waals surface area (Å²) in [4.78, 5) is 9.64. The molecule has 1 unspecified atom stereocenters. The molecule has 0 bridgehead atoms. The van der Waals surface area contributed by atoms with Gasteiger partial charge in [0.05, 0.1) is 4.92 Å². The van der Waals surface area contributed by atoms with Gasteiger partial charge in [-0.2, -0.15) is 17.6 Å². The Kier molecular flexibility index (Phi) is 3.91. The van der Waals surface area contributed by atoms with E-state index < -0.39 is 33.6 Å². The third-order valence-electron chi connectivity index (χ3n) is 2.93. The van der Waals surface area contributed by atoms with Crippen LogP contribution >= 0.6 is 0 Å². The molecule has 1 aromatic rings. The summed E-state index contributed by atoms with van der Waals surface area (Å²) in [5, 5.41) is 20.2. The number of nitrogens with zero attached hydrogens (tertiary/aromatic N) is 1.